The molecule has 26 heavy (non-hydrogen) atoms. The number of hydrogen-bond donors (Lipinski definition) is 2. The third-order valence-electron chi connectivity index (χ3n) is 3.98. The molecule has 0 radical (unpaired) electrons. The predicted octanol–water partition coefficient (Wildman–Crippen LogP) is 2.52. The number of hydrogen-bond acceptors (Lipinski definition) is 5. The zero-order valence-electron chi connectivity index (χ0n) is 14.3. The number of halogens is 1. The van der Waals surface area contributed by atoms with Crippen LogP contribution in [-0.4, -0.2) is 28.5 Å². The highest BCUT2D eigenvalue weighted by atomic mass is 32.1. The monoisotopic (exact) mass is 374 g/mol. The molecule has 0 atom stereocenters. The van der Waals surface area contributed by atoms with E-state index in [9.17, 15) is 14.0 Å². The first-order chi connectivity index (χ1) is 12.5. The van der Waals surface area contributed by atoms with E-state index < -0.39 is 0 Å². The van der Waals surface area contributed by atoms with Gasteiger partial charge in [0.25, 0.3) is 5.56 Å². The Morgan fingerprint density at radius 1 is 1.31 bits per heavy atom. The van der Waals surface area contributed by atoms with Gasteiger partial charge >= 0.3 is 0 Å². The number of anilines is 1. The zero-order chi connectivity index (χ0) is 18.5. The number of aryl methyl sites for hydroxylation is 1. The molecular formula is C18H19FN4O2S. The Kier molecular flexibility index (Phi) is 5.75. The maximum absolute atomic E-state index is 13.2. The van der Waals surface area contributed by atoms with E-state index in [4.69, 9.17) is 0 Å². The second kappa shape index (κ2) is 8.20. The van der Waals surface area contributed by atoms with Crippen molar-refractivity contribution in [3.05, 3.63) is 57.7 Å². The van der Waals surface area contributed by atoms with Gasteiger partial charge in [-0.15, -0.1) is 11.3 Å². The van der Waals surface area contributed by atoms with E-state index in [-0.39, 0.29) is 23.7 Å². The first-order valence-electron chi connectivity index (χ1n) is 8.24. The number of nitrogens with one attached hydrogen (secondary N) is 2. The van der Waals surface area contributed by atoms with Crippen LogP contribution in [0.25, 0.3) is 10.2 Å². The minimum Gasteiger partial charge on any atom is -0.326 e. The molecule has 136 valence electrons. The summed E-state index contributed by atoms with van der Waals surface area (Å²) >= 11 is 1.44. The average molecular weight is 374 g/mol. The number of carbonyl (C=O) groups excluding carboxylic acids is 1. The summed E-state index contributed by atoms with van der Waals surface area (Å²) in [6.45, 7) is 3.29. The van der Waals surface area contributed by atoms with E-state index in [0.717, 1.165) is 10.4 Å². The van der Waals surface area contributed by atoms with Crippen LogP contribution >= 0.6 is 11.3 Å². The molecule has 1 amide bonds. The number of benzene rings is 1. The van der Waals surface area contributed by atoms with Crippen molar-refractivity contribution in [2.24, 2.45) is 0 Å². The van der Waals surface area contributed by atoms with Crippen molar-refractivity contribution in [2.45, 2.75) is 19.9 Å². The van der Waals surface area contributed by atoms with Crippen molar-refractivity contribution in [3.63, 3.8) is 0 Å². The van der Waals surface area contributed by atoms with Gasteiger partial charge in [0.15, 0.2) is 0 Å². The summed E-state index contributed by atoms with van der Waals surface area (Å²) in [7, 11) is 0. The summed E-state index contributed by atoms with van der Waals surface area (Å²) in [5.41, 5.74) is 1.23. The van der Waals surface area contributed by atoms with Gasteiger partial charge < -0.3 is 10.6 Å². The minimum absolute atomic E-state index is 0.0580. The minimum atomic E-state index is -0.384. The Labute approximate surface area is 153 Å². The van der Waals surface area contributed by atoms with Crippen LogP contribution < -0.4 is 16.2 Å². The van der Waals surface area contributed by atoms with Crippen LogP contribution in [0.3, 0.4) is 0 Å². The first kappa shape index (κ1) is 18.2. The van der Waals surface area contributed by atoms with Crippen LogP contribution in [0.1, 0.15) is 12.0 Å². The number of fused-ring (bicyclic) bond motifs is 1. The Morgan fingerprint density at radius 3 is 3.00 bits per heavy atom. The highest BCUT2D eigenvalue weighted by Crippen LogP contribution is 2.16. The average Bonchev–Trinajstić information content (AvgIpc) is 3.09. The lowest BCUT2D eigenvalue weighted by Crippen LogP contribution is -2.29. The normalized spacial score (nSPS) is 11.0. The quantitative estimate of drug-likeness (QED) is 0.623. The predicted molar refractivity (Wildman–Crippen MR) is 101 cm³/mol. The lowest BCUT2D eigenvalue weighted by molar-refractivity contribution is -0.116. The molecule has 0 spiro atoms. The van der Waals surface area contributed by atoms with Crippen molar-refractivity contribution in [1.82, 2.24) is 14.9 Å². The molecule has 0 fully saturated rings. The third kappa shape index (κ3) is 4.33. The molecule has 0 aliphatic rings. The van der Waals surface area contributed by atoms with E-state index >= 15 is 0 Å². The molecule has 0 unspecified atom stereocenters. The molecule has 2 heterocycles. The summed E-state index contributed by atoms with van der Waals surface area (Å²) in [5, 5.41) is 8.30. The summed E-state index contributed by atoms with van der Waals surface area (Å²) in [5.74, 6) is -0.574. The second-order valence-corrected chi connectivity index (χ2v) is 6.78. The Hall–Kier alpha value is -2.58. The van der Waals surface area contributed by atoms with Crippen molar-refractivity contribution in [2.75, 3.05) is 18.4 Å². The molecule has 3 rings (SSSR count). The molecule has 0 bridgehead atoms. The van der Waals surface area contributed by atoms with E-state index in [1.807, 2.05) is 12.3 Å². The number of carbonyl (C=O) groups is 1. The number of thiophene rings is 1. The van der Waals surface area contributed by atoms with Crippen LogP contribution in [0, 0.1) is 12.7 Å². The first-order valence-corrected chi connectivity index (χ1v) is 9.12. The molecule has 0 saturated carbocycles. The molecule has 2 N–H and O–H groups in total. The topological polar surface area (TPSA) is 76.0 Å². The van der Waals surface area contributed by atoms with Crippen molar-refractivity contribution in [3.8, 4) is 0 Å². The standard InChI is InChI=1S/C18H19FN4O2S/c1-12-2-3-13(19)10-15(12)22-16(24)4-6-20-7-8-23-11-21-17-14(18(23)25)5-9-26-17/h2-3,5,9-11,20H,4,6-8H2,1H3,(H,22,24). The van der Waals surface area contributed by atoms with E-state index in [0.29, 0.717) is 30.7 Å². The Bertz CT molecular complexity index is 983. The highest BCUT2D eigenvalue weighted by molar-refractivity contribution is 7.16. The summed E-state index contributed by atoms with van der Waals surface area (Å²) in [4.78, 5) is 29.2. The molecule has 0 aliphatic carbocycles. The third-order valence-corrected chi connectivity index (χ3v) is 4.80. The van der Waals surface area contributed by atoms with Crippen LogP contribution in [0.4, 0.5) is 10.1 Å². The summed E-state index contributed by atoms with van der Waals surface area (Å²) < 4.78 is 14.8. The fourth-order valence-electron chi connectivity index (χ4n) is 2.52. The van der Waals surface area contributed by atoms with Gasteiger partial charge in [0.05, 0.1) is 11.7 Å². The summed E-state index contributed by atoms with van der Waals surface area (Å²) in [6, 6.07) is 6.06. The van der Waals surface area contributed by atoms with Crippen molar-refractivity contribution in [1.29, 1.82) is 0 Å². The molecule has 0 saturated heterocycles. The molecular weight excluding hydrogens is 355 g/mol. The van der Waals surface area contributed by atoms with Crippen molar-refractivity contribution >= 4 is 33.1 Å². The second-order valence-electron chi connectivity index (χ2n) is 5.89. The van der Waals surface area contributed by atoms with Crippen LogP contribution in [0.5, 0.6) is 0 Å². The number of nitrogens with zero attached hydrogens (tertiary/aromatic N) is 2. The fraction of sp³-hybridized carbons (Fsp3) is 0.278. The van der Waals surface area contributed by atoms with Gasteiger partial charge in [-0.25, -0.2) is 9.37 Å². The zero-order valence-corrected chi connectivity index (χ0v) is 15.1. The molecule has 2 aromatic heterocycles. The number of aromatic nitrogens is 2. The fourth-order valence-corrected chi connectivity index (χ4v) is 3.24. The lowest BCUT2D eigenvalue weighted by Gasteiger charge is -2.09. The summed E-state index contributed by atoms with van der Waals surface area (Å²) in [6.07, 6.45) is 1.80. The maximum atomic E-state index is 13.2. The lowest BCUT2D eigenvalue weighted by atomic mass is 10.2. The highest BCUT2D eigenvalue weighted by Gasteiger charge is 2.07. The number of rotatable bonds is 7. The van der Waals surface area contributed by atoms with Gasteiger partial charge in [-0.1, -0.05) is 6.07 Å². The van der Waals surface area contributed by atoms with Gasteiger partial charge in [-0.3, -0.25) is 14.2 Å². The smallest absolute Gasteiger partial charge is 0.262 e. The molecule has 6 nitrogen and oxygen atoms in total. The molecule has 3 aromatic rings. The van der Waals surface area contributed by atoms with Crippen LogP contribution in [0.15, 0.2) is 40.8 Å². The van der Waals surface area contributed by atoms with Crippen molar-refractivity contribution < 1.29 is 9.18 Å². The van der Waals surface area contributed by atoms with Gasteiger partial charge in [0.1, 0.15) is 10.6 Å². The SMILES string of the molecule is Cc1ccc(F)cc1NC(=O)CCNCCn1cnc2sccc2c1=O. The van der Waals surface area contributed by atoms with E-state index in [1.54, 1.807) is 23.0 Å². The van der Waals surface area contributed by atoms with E-state index in [1.165, 1.54) is 23.5 Å². The van der Waals surface area contributed by atoms with Gasteiger partial charge in [0.2, 0.25) is 5.91 Å². The molecule has 1 aromatic carbocycles. The van der Waals surface area contributed by atoms with Gasteiger partial charge in [0, 0.05) is 31.7 Å². The van der Waals surface area contributed by atoms with E-state index in [2.05, 4.69) is 15.6 Å². The van der Waals surface area contributed by atoms with Crippen LogP contribution in [0.2, 0.25) is 0 Å². The Balaban J connectivity index is 1.43. The van der Waals surface area contributed by atoms with Crippen LogP contribution in [-0.2, 0) is 11.3 Å². The molecule has 0 aliphatic heterocycles. The number of amides is 1. The van der Waals surface area contributed by atoms with Gasteiger partial charge in [-0.2, -0.15) is 0 Å². The Morgan fingerprint density at radius 2 is 2.15 bits per heavy atom. The molecule has 8 heteroatoms. The maximum Gasteiger partial charge on any atom is 0.262 e. The van der Waals surface area contributed by atoms with Gasteiger partial charge in [-0.05, 0) is 36.1 Å². The largest absolute Gasteiger partial charge is 0.326 e.